The minimum atomic E-state index is -1.05. The van der Waals surface area contributed by atoms with Gasteiger partial charge in [0.05, 0.1) is 18.0 Å². The van der Waals surface area contributed by atoms with E-state index in [1.165, 1.54) is 6.42 Å². The number of rotatable bonds is 13. The number of carbonyl (C=O) groups excluding carboxylic acids is 5. The molecule has 0 bridgehead atoms. The highest BCUT2D eigenvalue weighted by atomic mass is 32.2. The van der Waals surface area contributed by atoms with E-state index in [2.05, 4.69) is 36.1 Å². The molecule has 4 fully saturated rings. The van der Waals surface area contributed by atoms with Gasteiger partial charge in [-0.05, 0) is 72.7 Å². The molecule has 0 radical (unpaired) electrons. The van der Waals surface area contributed by atoms with E-state index in [4.69, 9.17) is 5.73 Å². The molecule has 0 aliphatic heterocycles. The van der Waals surface area contributed by atoms with Crippen LogP contribution in [0.3, 0.4) is 0 Å². The molecule has 5 N–H and O–H groups in total. The van der Waals surface area contributed by atoms with Crippen LogP contribution in [-0.2, 0) is 19.2 Å². The molecule has 0 aromatic carbocycles. The highest BCUT2D eigenvalue weighted by Crippen LogP contribution is 2.71. The molecule has 4 amide bonds. The average Bonchev–Trinajstić information content (AvgIpc) is 3.76. The van der Waals surface area contributed by atoms with Gasteiger partial charge in [0, 0.05) is 11.5 Å². The van der Waals surface area contributed by atoms with Gasteiger partial charge in [0.15, 0.2) is 5.78 Å². The van der Waals surface area contributed by atoms with E-state index >= 15 is 0 Å². The summed E-state index contributed by atoms with van der Waals surface area (Å²) in [5.74, 6) is -2.08. The van der Waals surface area contributed by atoms with Crippen LogP contribution in [0.2, 0.25) is 0 Å². The van der Waals surface area contributed by atoms with E-state index in [1.807, 2.05) is 20.8 Å². The Balaban J connectivity index is 1.52. The monoisotopic (exact) mass is 604 g/mol. The number of thioether (sulfide) groups is 1. The van der Waals surface area contributed by atoms with Gasteiger partial charge >= 0.3 is 6.03 Å². The fourth-order valence-electron chi connectivity index (χ4n) is 7.92. The van der Waals surface area contributed by atoms with Crippen LogP contribution >= 0.6 is 11.8 Å². The predicted octanol–water partition coefficient (Wildman–Crippen LogP) is 3.97. The Hall–Kier alpha value is -2.10. The number of carbonyl (C=O) groups is 5. The van der Waals surface area contributed by atoms with E-state index < -0.39 is 41.0 Å². The first kappa shape index (κ1) is 32.8. The minimum absolute atomic E-state index is 0.00296. The lowest BCUT2D eigenvalue weighted by Gasteiger charge is -2.40. The van der Waals surface area contributed by atoms with Gasteiger partial charge in [0.1, 0.15) is 0 Å². The largest absolute Gasteiger partial charge is 0.363 e. The molecule has 42 heavy (non-hydrogen) atoms. The van der Waals surface area contributed by atoms with Gasteiger partial charge < -0.3 is 21.7 Å². The van der Waals surface area contributed by atoms with Gasteiger partial charge in [-0.25, -0.2) is 4.79 Å². The van der Waals surface area contributed by atoms with Crippen molar-refractivity contribution < 1.29 is 24.0 Å². The third-order valence-electron chi connectivity index (χ3n) is 10.7. The number of urea groups is 1. The smallest absolute Gasteiger partial charge is 0.315 e. The predicted molar refractivity (Wildman–Crippen MR) is 165 cm³/mol. The molecule has 236 valence electrons. The maximum atomic E-state index is 14.3. The third-order valence-corrected chi connectivity index (χ3v) is 11.3. The number of amides is 4. The SMILES string of the molecule is CSCCC1(NC(=O)N[C@H](C(=O)C2CC3C([C@H]2C(=O)NC(CC2CC2)C(=O)C(N)=O)C3(C)C)C(C)(C)C)CCCCC1. The zero-order valence-electron chi connectivity index (χ0n) is 26.3. The maximum absolute atomic E-state index is 14.3. The number of primary amides is 1. The highest BCUT2D eigenvalue weighted by Gasteiger charge is 2.70. The Morgan fingerprint density at radius 3 is 2.19 bits per heavy atom. The molecule has 9 nitrogen and oxygen atoms in total. The number of nitrogens with one attached hydrogen (secondary N) is 3. The Labute approximate surface area is 255 Å². The number of nitrogens with two attached hydrogens (primary N) is 1. The summed E-state index contributed by atoms with van der Waals surface area (Å²) in [5.41, 5.74) is 4.38. The number of ketones is 2. The molecule has 6 atom stereocenters. The van der Waals surface area contributed by atoms with Crippen molar-refractivity contribution in [1.82, 2.24) is 16.0 Å². The van der Waals surface area contributed by atoms with Crippen LogP contribution in [0.4, 0.5) is 4.79 Å². The molecule has 0 heterocycles. The van der Waals surface area contributed by atoms with Gasteiger partial charge in [0.25, 0.3) is 5.91 Å². The Morgan fingerprint density at radius 1 is 1.00 bits per heavy atom. The second-order valence-electron chi connectivity index (χ2n) is 15.2. The summed E-state index contributed by atoms with van der Waals surface area (Å²) in [5, 5.41) is 9.17. The van der Waals surface area contributed by atoms with Crippen LogP contribution < -0.4 is 21.7 Å². The molecular formula is C32H52N4O5S. The van der Waals surface area contributed by atoms with Gasteiger partial charge in [-0.1, -0.05) is 66.7 Å². The van der Waals surface area contributed by atoms with E-state index in [-0.39, 0.29) is 40.5 Å². The van der Waals surface area contributed by atoms with Crippen LogP contribution in [0.5, 0.6) is 0 Å². The first-order valence-corrected chi connectivity index (χ1v) is 17.3. The molecular weight excluding hydrogens is 552 g/mol. The standard InChI is InChI=1S/C32H52N4O5S/c1-30(2,3)26(35-29(41)36-32(14-15-42-6)12-8-7-9-13-32)24(37)19-17-20-23(31(20,4)5)22(19)28(40)34-21(16-18-10-11-18)25(38)27(33)39/h18-23,26H,7-17H2,1-6H3,(H2,33,39)(H,34,40)(H2,35,36,41)/t19?,20?,21?,22-,23?,26+/m0/s1. The summed E-state index contributed by atoms with van der Waals surface area (Å²) in [6.45, 7) is 10.0. The van der Waals surface area contributed by atoms with Crippen molar-refractivity contribution in [3.8, 4) is 0 Å². The van der Waals surface area contributed by atoms with E-state index in [0.717, 1.165) is 50.7 Å². The molecule has 4 rings (SSSR count). The number of fused-ring (bicyclic) bond motifs is 1. The number of hydrogen-bond acceptors (Lipinski definition) is 6. The zero-order chi connectivity index (χ0) is 31.0. The van der Waals surface area contributed by atoms with Gasteiger partial charge in [-0.2, -0.15) is 11.8 Å². The summed E-state index contributed by atoms with van der Waals surface area (Å²) < 4.78 is 0. The molecule has 4 aliphatic carbocycles. The normalized spacial score (nSPS) is 29.0. The zero-order valence-corrected chi connectivity index (χ0v) is 27.2. The molecule has 10 heteroatoms. The average molecular weight is 605 g/mol. The van der Waals surface area contributed by atoms with Crippen molar-refractivity contribution >= 4 is 41.2 Å². The van der Waals surface area contributed by atoms with Crippen LogP contribution in [-0.4, -0.2) is 59.0 Å². The molecule has 0 aromatic rings. The third kappa shape index (κ3) is 7.16. The van der Waals surface area contributed by atoms with Gasteiger partial charge in [-0.15, -0.1) is 0 Å². The molecule has 4 unspecified atom stereocenters. The van der Waals surface area contributed by atoms with E-state index in [0.29, 0.717) is 18.8 Å². The van der Waals surface area contributed by atoms with Crippen molar-refractivity contribution in [1.29, 1.82) is 0 Å². The van der Waals surface area contributed by atoms with Gasteiger partial charge in [-0.3, -0.25) is 19.2 Å². The van der Waals surface area contributed by atoms with Crippen molar-refractivity contribution in [2.24, 2.45) is 46.2 Å². The second-order valence-corrected chi connectivity index (χ2v) is 16.2. The van der Waals surface area contributed by atoms with E-state index in [9.17, 15) is 24.0 Å². The molecule has 4 saturated carbocycles. The molecule has 0 aromatic heterocycles. The van der Waals surface area contributed by atoms with Crippen LogP contribution in [0.1, 0.15) is 98.8 Å². The fraction of sp³-hybridized carbons (Fsp3) is 0.844. The number of Topliss-reactive ketones (excluding diaryl/α,β-unsaturated/α-hetero) is 2. The topological polar surface area (TPSA) is 147 Å². The summed E-state index contributed by atoms with van der Waals surface area (Å²) >= 11 is 1.77. The van der Waals surface area contributed by atoms with Crippen LogP contribution in [0.25, 0.3) is 0 Å². The fourth-order valence-corrected chi connectivity index (χ4v) is 8.51. The first-order chi connectivity index (χ1) is 19.6. The summed E-state index contributed by atoms with van der Waals surface area (Å²) in [6, 6.07) is -2.07. The lowest BCUT2D eigenvalue weighted by molar-refractivity contribution is -0.141. The minimum Gasteiger partial charge on any atom is -0.363 e. The van der Waals surface area contributed by atoms with Crippen molar-refractivity contribution in [2.45, 2.75) is 116 Å². The Kier molecular flexibility index (Phi) is 9.75. The van der Waals surface area contributed by atoms with E-state index in [1.54, 1.807) is 11.8 Å². The Morgan fingerprint density at radius 2 is 1.64 bits per heavy atom. The summed E-state index contributed by atoms with van der Waals surface area (Å²) in [6.07, 6.45) is 11.0. The quantitative estimate of drug-likeness (QED) is 0.234. The van der Waals surface area contributed by atoms with Crippen LogP contribution in [0.15, 0.2) is 0 Å². The van der Waals surface area contributed by atoms with Crippen molar-refractivity contribution in [3.63, 3.8) is 0 Å². The summed E-state index contributed by atoms with van der Waals surface area (Å²) in [7, 11) is 0. The molecule has 0 saturated heterocycles. The van der Waals surface area contributed by atoms with Crippen LogP contribution in [0, 0.1) is 40.4 Å². The van der Waals surface area contributed by atoms with Gasteiger partial charge in [0.2, 0.25) is 11.7 Å². The summed E-state index contributed by atoms with van der Waals surface area (Å²) in [4.78, 5) is 66.0. The second kappa shape index (κ2) is 12.5. The number of hydrogen-bond donors (Lipinski definition) is 4. The van der Waals surface area contributed by atoms with Crippen molar-refractivity contribution in [2.75, 3.05) is 12.0 Å². The van der Waals surface area contributed by atoms with Crippen molar-refractivity contribution in [3.05, 3.63) is 0 Å². The Bertz CT molecular complexity index is 1080. The first-order valence-electron chi connectivity index (χ1n) is 15.9. The lowest BCUT2D eigenvalue weighted by atomic mass is 9.74. The molecule has 0 spiro atoms. The highest BCUT2D eigenvalue weighted by molar-refractivity contribution is 7.98. The lowest BCUT2D eigenvalue weighted by Crippen LogP contribution is -2.60. The molecule has 4 aliphatic rings. The maximum Gasteiger partial charge on any atom is 0.315 e.